The van der Waals surface area contributed by atoms with Crippen LogP contribution in [0.3, 0.4) is 0 Å². The first-order valence-electron chi connectivity index (χ1n) is 9.80. The SMILES string of the molecule is NCc1cccc(CNCc2ccc3c(c2)C(=O)N(C2CCC(=O)NC2=O)C3)c1. The Hall–Kier alpha value is -3.03. The second kappa shape index (κ2) is 8.14. The van der Waals surface area contributed by atoms with Gasteiger partial charge in [0, 0.05) is 38.2 Å². The number of rotatable bonds is 6. The average Bonchev–Trinajstić information content (AvgIpc) is 3.04. The first-order chi connectivity index (χ1) is 14.0. The molecule has 0 aliphatic carbocycles. The first-order valence-corrected chi connectivity index (χ1v) is 9.80. The quantitative estimate of drug-likeness (QED) is 0.641. The second-order valence-corrected chi connectivity index (χ2v) is 7.52. The van der Waals surface area contributed by atoms with Gasteiger partial charge in [-0.1, -0.05) is 36.4 Å². The molecule has 1 unspecified atom stereocenters. The van der Waals surface area contributed by atoms with Gasteiger partial charge < -0.3 is 16.0 Å². The van der Waals surface area contributed by atoms with Crippen LogP contribution in [-0.2, 0) is 35.8 Å². The molecule has 0 spiro atoms. The van der Waals surface area contributed by atoms with Crippen molar-refractivity contribution in [1.29, 1.82) is 0 Å². The minimum Gasteiger partial charge on any atom is -0.326 e. The molecule has 7 nitrogen and oxygen atoms in total. The van der Waals surface area contributed by atoms with E-state index in [9.17, 15) is 14.4 Å². The smallest absolute Gasteiger partial charge is 0.255 e. The largest absolute Gasteiger partial charge is 0.326 e. The highest BCUT2D eigenvalue weighted by Gasteiger charge is 2.39. The maximum absolute atomic E-state index is 12.9. The Balaban J connectivity index is 1.40. The van der Waals surface area contributed by atoms with Gasteiger partial charge in [-0.25, -0.2) is 0 Å². The Morgan fingerprint density at radius 3 is 2.55 bits per heavy atom. The molecule has 1 fully saturated rings. The molecule has 2 aliphatic heterocycles. The Morgan fingerprint density at radius 1 is 1.03 bits per heavy atom. The number of imide groups is 1. The number of carbonyl (C=O) groups is 3. The third kappa shape index (κ3) is 4.06. The summed E-state index contributed by atoms with van der Waals surface area (Å²) >= 11 is 0. The van der Waals surface area contributed by atoms with Crippen molar-refractivity contribution < 1.29 is 14.4 Å². The maximum Gasteiger partial charge on any atom is 0.255 e. The van der Waals surface area contributed by atoms with E-state index in [-0.39, 0.29) is 24.1 Å². The number of nitrogens with one attached hydrogen (secondary N) is 2. The van der Waals surface area contributed by atoms with Gasteiger partial charge in [0.15, 0.2) is 0 Å². The first kappa shape index (κ1) is 19.3. The van der Waals surface area contributed by atoms with Crippen LogP contribution in [0.1, 0.15) is 45.5 Å². The summed E-state index contributed by atoms with van der Waals surface area (Å²) < 4.78 is 0. The molecule has 4 rings (SSSR count). The Kier molecular flexibility index (Phi) is 5.42. The summed E-state index contributed by atoms with van der Waals surface area (Å²) in [7, 11) is 0. The zero-order chi connectivity index (χ0) is 20.4. The van der Waals surface area contributed by atoms with Gasteiger partial charge in [0.05, 0.1) is 0 Å². The van der Waals surface area contributed by atoms with Crippen molar-refractivity contribution >= 4 is 17.7 Å². The number of piperidine rings is 1. The molecule has 4 N–H and O–H groups in total. The van der Waals surface area contributed by atoms with E-state index in [0.717, 1.165) is 22.3 Å². The molecule has 7 heteroatoms. The molecular weight excluding hydrogens is 368 g/mol. The minimum absolute atomic E-state index is 0.146. The number of amides is 3. The molecule has 29 heavy (non-hydrogen) atoms. The fourth-order valence-electron chi connectivity index (χ4n) is 3.93. The molecule has 1 saturated heterocycles. The lowest BCUT2D eigenvalue weighted by Gasteiger charge is -2.29. The van der Waals surface area contributed by atoms with Crippen molar-refractivity contribution in [3.8, 4) is 0 Å². The van der Waals surface area contributed by atoms with Crippen LogP contribution in [0.25, 0.3) is 0 Å². The summed E-state index contributed by atoms with van der Waals surface area (Å²) in [6.07, 6.45) is 0.637. The highest BCUT2D eigenvalue weighted by Crippen LogP contribution is 2.28. The van der Waals surface area contributed by atoms with E-state index < -0.39 is 6.04 Å². The standard InChI is InChI=1S/C22H24N4O3/c23-10-14-2-1-3-15(8-14)11-24-12-16-4-5-17-13-26(22(29)18(17)9-16)19-6-7-20(27)25-21(19)28/h1-5,8-9,19,24H,6-7,10-13,23H2,(H,25,27,28). The van der Waals surface area contributed by atoms with Gasteiger partial charge in [-0.15, -0.1) is 0 Å². The zero-order valence-electron chi connectivity index (χ0n) is 16.1. The van der Waals surface area contributed by atoms with Gasteiger partial charge in [-0.05, 0) is 34.7 Å². The second-order valence-electron chi connectivity index (χ2n) is 7.52. The lowest BCUT2D eigenvalue weighted by molar-refractivity contribution is -0.136. The molecule has 1 atom stereocenters. The van der Waals surface area contributed by atoms with Crippen LogP contribution in [0.4, 0.5) is 0 Å². The van der Waals surface area contributed by atoms with E-state index in [2.05, 4.69) is 22.8 Å². The van der Waals surface area contributed by atoms with Crippen molar-refractivity contribution in [2.24, 2.45) is 5.73 Å². The normalized spacial score (nSPS) is 18.7. The number of fused-ring (bicyclic) bond motifs is 1. The fraction of sp³-hybridized carbons (Fsp3) is 0.318. The van der Waals surface area contributed by atoms with Gasteiger partial charge in [0.1, 0.15) is 6.04 Å². The number of nitrogens with zero attached hydrogens (tertiary/aromatic N) is 1. The van der Waals surface area contributed by atoms with Gasteiger partial charge in [0.25, 0.3) is 5.91 Å². The molecule has 2 heterocycles. The number of hydrogen-bond acceptors (Lipinski definition) is 5. The average molecular weight is 392 g/mol. The molecule has 0 radical (unpaired) electrons. The summed E-state index contributed by atoms with van der Waals surface area (Å²) in [6.45, 7) is 2.26. The number of nitrogens with two attached hydrogens (primary N) is 1. The van der Waals surface area contributed by atoms with Crippen molar-refractivity contribution in [2.75, 3.05) is 0 Å². The molecule has 0 aromatic heterocycles. The molecule has 2 aromatic carbocycles. The van der Waals surface area contributed by atoms with Crippen molar-refractivity contribution in [3.05, 3.63) is 70.3 Å². The lowest BCUT2D eigenvalue weighted by atomic mass is 10.0. The molecule has 0 bridgehead atoms. The number of carbonyl (C=O) groups excluding carboxylic acids is 3. The monoisotopic (exact) mass is 392 g/mol. The zero-order valence-corrected chi connectivity index (χ0v) is 16.1. The summed E-state index contributed by atoms with van der Waals surface area (Å²) in [6, 6.07) is 13.4. The van der Waals surface area contributed by atoms with Crippen LogP contribution >= 0.6 is 0 Å². The minimum atomic E-state index is -0.580. The van der Waals surface area contributed by atoms with Crippen LogP contribution in [0.15, 0.2) is 42.5 Å². The van der Waals surface area contributed by atoms with Gasteiger partial charge in [0.2, 0.25) is 11.8 Å². The van der Waals surface area contributed by atoms with Crippen LogP contribution in [0, 0.1) is 0 Å². The van der Waals surface area contributed by atoms with Gasteiger partial charge in [-0.2, -0.15) is 0 Å². The topological polar surface area (TPSA) is 105 Å². The van der Waals surface area contributed by atoms with Crippen molar-refractivity contribution in [3.63, 3.8) is 0 Å². The van der Waals surface area contributed by atoms with Crippen LogP contribution in [0.5, 0.6) is 0 Å². The third-order valence-corrected chi connectivity index (χ3v) is 5.48. The highest BCUT2D eigenvalue weighted by atomic mass is 16.2. The van der Waals surface area contributed by atoms with E-state index in [1.165, 1.54) is 0 Å². The molecule has 150 valence electrons. The highest BCUT2D eigenvalue weighted by molar-refractivity contribution is 6.05. The molecule has 3 amide bonds. The molecule has 0 saturated carbocycles. The van der Waals surface area contributed by atoms with E-state index in [1.54, 1.807) is 4.90 Å². The van der Waals surface area contributed by atoms with E-state index >= 15 is 0 Å². The van der Waals surface area contributed by atoms with Crippen molar-refractivity contribution in [1.82, 2.24) is 15.5 Å². The van der Waals surface area contributed by atoms with Gasteiger partial charge in [-0.3, -0.25) is 19.7 Å². The van der Waals surface area contributed by atoms with Crippen LogP contribution in [-0.4, -0.2) is 28.7 Å². The predicted octanol–water partition coefficient (Wildman–Crippen LogP) is 1.20. The third-order valence-electron chi connectivity index (χ3n) is 5.48. The Morgan fingerprint density at radius 2 is 1.79 bits per heavy atom. The number of benzene rings is 2. The van der Waals surface area contributed by atoms with E-state index in [1.807, 2.05) is 30.3 Å². The van der Waals surface area contributed by atoms with Crippen molar-refractivity contribution in [2.45, 2.75) is 45.1 Å². The molecular formula is C22H24N4O3. The van der Waals surface area contributed by atoms with E-state index in [4.69, 9.17) is 5.73 Å². The van der Waals surface area contributed by atoms with Crippen LogP contribution in [0.2, 0.25) is 0 Å². The summed E-state index contributed by atoms with van der Waals surface area (Å²) in [5.74, 6) is -0.809. The maximum atomic E-state index is 12.9. The van der Waals surface area contributed by atoms with Crippen LogP contribution < -0.4 is 16.4 Å². The molecule has 2 aliphatic rings. The Labute approximate surface area is 169 Å². The summed E-state index contributed by atoms with van der Waals surface area (Å²) in [5.41, 5.74) is 10.5. The fourth-order valence-corrected chi connectivity index (χ4v) is 3.93. The molecule has 2 aromatic rings. The summed E-state index contributed by atoms with van der Waals surface area (Å²) in [5, 5.41) is 5.72. The summed E-state index contributed by atoms with van der Waals surface area (Å²) in [4.78, 5) is 37.9. The predicted molar refractivity (Wildman–Crippen MR) is 107 cm³/mol. The Bertz CT molecular complexity index is 972. The van der Waals surface area contributed by atoms with E-state index in [0.29, 0.717) is 38.2 Å². The number of hydrogen-bond donors (Lipinski definition) is 3. The lowest BCUT2D eigenvalue weighted by Crippen LogP contribution is -2.52. The van der Waals surface area contributed by atoms with Gasteiger partial charge >= 0.3 is 0 Å².